The number of nitrogens with one attached hydrogen (secondary N) is 1. The van der Waals surface area contributed by atoms with Gasteiger partial charge in [-0.1, -0.05) is 18.5 Å². The van der Waals surface area contributed by atoms with Gasteiger partial charge in [-0.15, -0.1) is 0 Å². The van der Waals surface area contributed by atoms with Gasteiger partial charge in [0.25, 0.3) is 0 Å². The van der Waals surface area contributed by atoms with Crippen molar-refractivity contribution >= 4 is 27.3 Å². The molecule has 2 unspecified atom stereocenters. The smallest absolute Gasteiger partial charge is 0.240 e. The van der Waals surface area contributed by atoms with E-state index in [0.717, 1.165) is 6.42 Å². The van der Waals surface area contributed by atoms with Crippen molar-refractivity contribution in [3.05, 3.63) is 22.7 Å². The van der Waals surface area contributed by atoms with Crippen LogP contribution in [0.25, 0.3) is 0 Å². The Morgan fingerprint density at radius 3 is 2.61 bits per heavy atom. The third kappa shape index (κ3) is 2.79. The minimum atomic E-state index is -3.51. The fourth-order valence-electron chi connectivity index (χ4n) is 1.81. The average Bonchev–Trinajstić information content (AvgIpc) is 2.99. The van der Waals surface area contributed by atoms with E-state index in [9.17, 15) is 8.42 Å². The predicted molar refractivity (Wildman–Crippen MR) is 73.1 cm³/mol. The van der Waals surface area contributed by atoms with Crippen LogP contribution in [0.15, 0.2) is 17.0 Å². The number of sulfonamides is 1. The van der Waals surface area contributed by atoms with Crippen LogP contribution >= 0.6 is 11.6 Å². The van der Waals surface area contributed by atoms with Gasteiger partial charge >= 0.3 is 0 Å². The largest absolute Gasteiger partial charge is 0.398 e. The lowest BCUT2D eigenvalue weighted by atomic mass is 10.2. The predicted octanol–water partition coefficient (Wildman–Crippen LogP) is 2.16. The van der Waals surface area contributed by atoms with Crippen molar-refractivity contribution in [2.75, 3.05) is 12.3 Å². The maximum Gasteiger partial charge on any atom is 0.240 e. The topological polar surface area (TPSA) is 72.2 Å². The molecule has 1 saturated carbocycles. The lowest BCUT2D eigenvalue weighted by Crippen LogP contribution is -2.26. The van der Waals surface area contributed by atoms with Gasteiger partial charge in [-0.05, 0) is 42.9 Å². The average molecular weight is 289 g/mol. The zero-order valence-electron chi connectivity index (χ0n) is 10.4. The molecule has 0 radical (unpaired) electrons. The Labute approximate surface area is 113 Å². The first-order valence-corrected chi connectivity index (χ1v) is 7.72. The molecule has 2 rings (SSSR count). The molecule has 1 aromatic carbocycles. The minimum Gasteiger partial charge on any atom is -0.398 e. The molecule has 0 heterocycles. The molecular weight excluding hydrogens is 272 g/mol. The van der Waals surface area contributed by atoms with Gasteiger partial charge in [-0.25, -0.2) is 13.1 Å². The fourth-order valence-corrected chi connectivity index (χ4v) is 3.26. The first-order valence-electron chi connectivity index (χ1n) is 5.86. The number of benzene rings is 1. The van der Waals surface area contributed by atoms with Crippen LogP contribution in [0.5, 0.6) is 0 Å². The molecule has 18 heavy (non-hydrogen) atoms. The van der Waals surface area contributed by atoms with Crippen LogP contribution < -0.4 is 10.5 Å². The standard InChI is InChI=1S/C12H17ClN2O2S/c1-7-3-9(7)6-15-18(16,17)10-4-11(13)8(2)12(14)5-10/h4-5,7,9,15H,3,6,14H2,1-2H3. The van der Waals surface area contributed by atoms with E-state index < -0.39 is 10.0 Å². The Kier molecular flexibility index (Phi) is 3.58. The van der Waals surface area contributed by atoms with Crippen LogP contribution in [0.2, 0.25) is 5.02 Å². The monoisotopic (exact) mass is 288 g/mol. The molecule has 0 bridgehead atoms. The Morgan fingerprint density at radius 2 is 2.11 bits per heavy atom. The fraction of sp³-hybridized carbons (Fsp3) is 0.500. The highest BCUT2D eigenvalue weighted by atomic mass is 35.5. The van der Waals surface area contributed by atoms with Gasteiger partial charge in [-0.3, -0.25) is 0 Å². The lowest BCUT2D eigenvalue weighted by Gasteiger charge is -2.09. The Hall–Kier alpha value is -0.780. The van der Waals surface area contributed by atoms with Crippen molar-refractivity contribution in [3.8, 4) is 0 Å². The molecule has 0 spiro atoms. The van der Waals surface area contributed by atoms with E-state index in [0.29, 0.717) is 34.7 Å². The summed E-state index contributed by atoms with van der Waals surface area (Å²) in [5.41, 5.74) is 6.82. The summed E-state index contributed by atoms with van der Waals surface area (Å²) in [6, 6.07) is 2.88. The maximum absolute atomic E-state index is 12.1. The second kappa shape index (κ2) is 4.72. The second-order valence-corrected chi connectivity index (χ2v) is 7.12. The number of hydrogen-bond donors (Lipinski definition) is 2. The number of anilines is 1. The van der Waals surface area contributed by atoms with Gasteiger partial charge in [0, 0.05) is 17.3 Å². The normalized spacial score (nSPS) is 23.1. The number of hydrogen-bond acceptors (Lipinski definition) is 3. The van der Waals surface area contributed by atoms with Gasteiger partial charge in [-0.2, -0.15) is 0 Å². The van der Waals surface area contributed by atoms with E-state index in [-0.39, 0.29) is 4.90 Å². The van der Waals surface area contributed by atoms with E-state index in [1.54, 1.807) is 6.92 Å². The number of nitrogens with two attached hydrogens (primary N) is 1. The van der Waals surface area contributed by atoms with Crippen LogP contribution in [0.1, 0.15) is 18.9 Å². The van der Waals surface area contributed by atoms with E-state index in [1.807, 2.05) is 0 Å². The molecule has 1 fully saturated rings. The minimum absolute atomic E-state index is 0.129. The molecule has 100 valence electrons. The highest BCUT2D eigenvalue weighted by Crippen LogP contribution is 2.37. The van der Waals surface area contributed by atoms with Crippen LogP contribution in [-0.4, -0.2) is 15.0 Å². The number of halogens is 1. The first kappa shape index (κ1) is 13.6. The molecule has 0 saturated heterocycles. The van der Waals surface area contributed by atoms with Crippen LogP contribution in [0.3, 0.4) is 0 Å². The Bertz CT molecular complexity index is 548. The highest BCUT2D eigenvalue weighted by Gasteiger charge is 2.33. The summed E-state index contributed by atoms with van der Waals surface area (Å²) in [5, 5.41) is 0.371. The molecule has 1 aliphatic rings. The van der Waals surface area contributed by atoms with Crippen molar-refractivity contribution in [3.63, 3.8) is 0 Å². The maximum atomic E-state index is 12.1. The molecule has 0 amide bonds. The summed E-state index contributed by atoms with van der Waals surface area (Å²) in [5.74, 6) is 1.07. The summed E-state index contributed by atoms with van der Waals surface area (Å²) in [7, 11) is -3.51. The van der Waals surface area contributed by atoms with Crippen molar-refractivity contribution in [2.24, 2.45) is 11.8 Å². The Morgan fingerprint density at radius 1 is 1.50 bits per heavy atom. The number of rotatable bonds is 4. The molecule has 1 aromatic rings. The lowest BCUT2D eigenvalue weighted by molar-refractivity contribution is 0.574. The van der Waals surface area contributed by atoms with Crippen LogP contribution in [-0.2, 0) is 10.0 Å². The molecular formula is C12H17ClN2O2S. The third-order valence-corrected chi connectivity index (χ3v) is 5.28. The summed E-state index contributed by atoms with van der Waals surface area (Å²) < 4.78 is 26.7. The highest BCUT2D eigenvalue weighted by molar-refractivity contribution is 7.89. The summed E-state index contributed by atoms with van der Waals surface area (Å²) in [6.07, 6.45) is 1.08. The van der Waals surface area contributed by atoms with E-state index in [2.05, 4.69) is 11.6 Å². The molecule has 3 N–H and O–H groups in total. The zero-order chi connectivity index (χ0) is 13.5. The first-order chi connectivity index (χ1) is 8.31. The van der Waals surface area contributed by atoms with Gasteiger partial charge < -0.3 is 5.73 Å². The van der Waals surface area contributed by atoms with Gasteiger partial charge in [0.1, 0.15) is 0 Å². The van der Waals surface area contributed by atoms with Crippen molar-refractivity contribution in [1.82, 2.24) is 4.72 Å². The summed E-state index contributed by atoms with van der Waals surface area (Å²) >= 11 is 5.95. The Balaban J connectivity index is 2.18. The molecule has 0 aliphatic heterocycles. The van der Waals surface area contributed by atoms with Gasteiger partial charge in [0.2, 0.25) is 10.0 Å². The third-order valence-electron chi connectivity index (χ3n) is 3.48. The molecule has 0 aromatic heterocycles. The number of nitrogen functional groups attached to an aromatic ring is 1. The quantitative estimate of drug-likeness (QED) is 0.834. The molecule has 4 nitrogen and oxygen atoms in total. The van der Waals surface area contributed by atoms with Crippen molar-refractivity contribution < 1.29 is 8.42 Å². The van der Waals surface area contributed by atoms with Crippen LogP contribution in [0.4, 0.5) is 5.69 Å². The SMILES string of the molecule is Cc1c(N)cc(S(=O)(=O)NCC2CC2C)cc1Cl. The van der Waals surface area contributed by atoms with E-state index in [4.69, 9.17) is 17.3 Å². The summed E-state index contributed by atoms with van der Waals surface area (Å²) in [6.45, 7) is 4.35. The van der Waals surface area contributed by atoms with Crippen LogP contribution in [0, 0.1) is 18.8 Å². The van der Waals surface area contributed by atoms with Crippen molar-refractivity contribution in [2.45, 2.75) is 25.2 Å². The molecule has 2 atom stereocenters. The van der Waals surface area contributed by atoms with Gasteiger partial charge in [0.05, 0.1) is 4.90 Å². The molecule has 6 heteroatoms. The van der Waals surface area contributed by atoms with E-state index in [1.165, 1.54) is 12.1 Å². The zero-order valence-corrected chi connectivity index (χ0v) is 12.0. The summed E-state index contributed by atoms with van der Waals surface area (Å²) in [4.78, 5) is 0.129. The molecule has 1 aliphatic carbocycles. The van der Waals surface area contributed by atoms with E-state index >= 15 is 0 Å². The van der Waals surface area contributed by atoms with Crippen molar-refractivity contribution in [1.29, 1.82) is 0 Å². The van der Waals surface area contributed by atoms with Gasteiger partial charge in [0.15, 0.2) is 0 Å². The second-order valence-electron chi connectivity index (χ2n) is 4.94.